The van der Waals surface area contributed by atoms with Gasteiger partial charge in [0.2, 0.25) is 5.88 Å². The Balaban J connectivity index is 2.47. The molecule has 0 aliphatic heterocycles. The largest absolute Gasteiger partial charge is 0.479 e. The number of ether oxygens (including phenoxy) is 1. The molecule has 0 saturated carbocycles. The predicted octanol–water partition coefficient (Wildman–Crippen LogP) is 2.16. The Bertz CT molecular complexity index is 623. The number of hydrogen-bond acceptors (Lipinski definition) is 5. The molecule has 0 unspecified atom stereocenters. The monoisotopic (exact) mass is 311 g/mol. The highest BCUT2D eigenvalue weighted by Gasteiger charge is 2.24. The first-order valence-corrected chi connectivity index (χ1v) is 7.36. The third-order valence-corrected chi connectivity index (χ3v) is 3.46. The molecule has 2 aromatic heterocycles. The van der Waals surface area contributed by atoms with Crippen molar-refractivity contribution in [1.82, 2.24) is 24.4 Å². The maximum atomic E-state index is 6.05. The molecule has 0 radical (unpaired) electrons. The summed E-state index contributed by atoms with van der Waals surface area (Å²) >= 11 is 6.05. The van der Waals surface area contributed by atoms with Crippen molar-refractivity contribution in [2.75, 3.05) is 27.7 Å². The number of halogens is 1. The predicted molar refractivity (Wildman–Crippen MR) is 83.8 cm³/mol. The molecule has 0 fully saturated rings. The summed E-state index contributed by atoms with van der Waals surface area (Å²) in [6, 6.07) is 0. The molecule has 6 nitrogen and oxygen atoms in total. The first-order valence-electron chi connectivity index (χ1n) is 6.83. The van der Waals surface area contributed by atoms with Gasteiger partial charge in [-0.1, -0.05) is 13.8 Å². The van der Waals surface area contributed by atoms with Gasteiger partial charge < -0.3 is 14.2 Å². The van der Waals surface area contributed by atoms with Gasteiger partial charge in [0, 0.05) is 13.1 Å². The van der Waals surface area contributed by atoms with Crippen LogP contribution in [0.2, 0.25) is 0 Å². The zero-order chi connectivity index (χ0) is 15.6. The summed E-state index contributed by atoms with van der Waals surface area (Å²) < 4.78 is 7.32. The van der Waals surface area contributed by atoms with Crippen LogP contribution in [0.4, 0.5) is 0 Å². The van der Waals surface area contributed by atoms with Crippen molar-refractivity contribution in [2.24, 2.45) is 5.41 Å². The van der Waals surface area contributed by atoms with Crippen molar-refractivity contribution < 1.29 is 4.74 Å². The van der Waals surface area contributed by atoms with E-state index < -0.39 is 0 Å². The van der Waals surface area contributed by atoms with Crippen LogP contribution < -0.4 is 4.74 Å². The fraction of sp³-hybridized carbons (Fsp3) is 0.643. The summed E-state index contributed by atoms with van der Waals surface area (Å²) in [6.07, 6.45) is 1.50. The normalized spacial score (nSPS) is 12.3. The molecule has 116 valence electrons. The molecular formula is C14H22ClN5O. The highest BCUT2D eigenvalue weighted by molar-refractivity contribution is 6.16. The number of aromatic nitrogens is 4. The molecular weight excluding hydrogens is 290 g/mol. The Kier molecular flexibility index (Phi) is 4.68. The maximum absolute atomic E-state index is 6.05. The van der Waals surface area contributed by atoms with Crippen LogP contribution in [-0.2, 0) is 12.4 Å². The third kappa shape index (κ3) is 3.44. The van der Waals surface area contributed by atoms with Crippen LogP contribution >= 0.6 is 11.6 Å². The fourth-order valence-electron chi connectivity index (χ4n) is 2.71. The summed E-state index contributed by atoms with van der Waals surface area (Å²) in [5.41, 5.74) is 1.50. The SMILES string of the molecule is COc1ncnc2c1nc(CCl)n2CC(C)(C)CN(C)C. The molecule has 0 N–H and O–H groups in total. The van der Waals surface area contributed by atoms with Gasteiger partial charge in [0.1, 0.15) is 12.2 Å². The molecule has 0 amide bonds. The standard InChI is InChI=1S/C14H22ClN5O/c1-14(2,7-19(3)4)8-20-10(6-15)18-11-12(20)16-9-17-13(11)21-5/h9H,6-8H2,1-5H3. The topological polar surface area (TPSA) is 56.1 Å². The first-order chi connectivity index (χ1) is 9.88. The highest BCUT2D eigenvalue weighted by Crippen LogP contribution is 2.27. The van der Waals surface area contributed by atoms with E-state index in [1.54, 1.807) is 7.11 Å². The fourth-order valence-corrected chi connectivity index (χ4v) is 2.92. The van der Waals surface area contributed by atoms with Crippen molar-refractivity contribution in [3.05, 3.63) is 12.2 Å². The third-order valence-electron chi connectivity index (χ3n) is 3.22. The van der Waals surface area contributed by atoms with Gasteiger partial charge in [-0.05, 0) is 19.5 Å². The van der Waals surface area contributed by atoms with Crippen molar-refractivity contribution in [2.45, 2.75) is 26.3 Å². The molecule has 2 heterocycles. The molecule has 2 aromatic rings. The molecule has 0 spiro atoms. The summed E-state index contributed by atoms with van der Waals surface area (Å²) in [7, 11) is 5.72. The molecule has 0 bridgehead atoms. The molecule has 7 heteroatoms. The quantitative estimate of drug-likeness (QED) is 0.765. The van der Waals surface area contributed by atoms with Crippen LogP contribution in [0.5, 0.6) is 5.88 Å². The van der Waals surface area contributed by atoms with E-state index in [0.29, 0.717) is 17.3 Å². The van der Waals surface area contributed by atoms with Crippen molar-refractivity contribution in [3.63, 3.8) is 0 Å². The number of alkyl halides is 1. The maximum Gasteiger partial charge on any atom is 0.245 e. The first kappa shape index (κ1) is 16.0. The van der Waals surface area contributed by atoms with Gasteiger partial charge in [0.15, 0.2) is 11.2 Å². The van der Waals surface area contributed by atoms with Gasteiger partial charge in [-0.15, -0.1) is 11.6 Å². The summed E-state index contributed by atoms with van der Waals surface area (Å²) in [5.74, 6) is 1.60. The zero-order valence-corrected chi connectivity index (χ0v) is 14.0. The van der Waals surface area contributed by atoms with Gasteiger partial charge in [0.25, 0.3) is 0 Å². The van der Waals surface area contributed by atoms with Crippen LogP contribution in [0.3, 0.4) is 0 Å². The number of fused-ring (bicyclic) bond motifs is 1. The van der Waals surface area contributed by atoms with E-state index >= 15 is 0 Å². The lowest BCUT2D eigenvalue weighted by molar-refractivity contribution is 0.211. The average molecular weight is 312 g/mol. The van der Waals surface area contributed by atoms with E-state index in [0.717, 1.165) is 24.6 Å². The van der Waals surface area contributed by atoms with Crippen LogP contribution in [0.25, 0.3) is 11.2 Å². The second-order valence-corrected chi connectivity index (χ2v) is 6.47. The van der Waals surface area contributed by atoms with Gasteiger partial charge in [-0.3, -0.25) is 0 Å². The Morgan fingerprint density at radius 2 is 2.05 bits per heavy atom. The van der Waals surface area contributed by atoms with Crippen LogP contribution in [0.15, 0.2) is 6.33 Å². The van der Waals surface area contributed by atoms with Crippen molar-refractivity contribution in [3.8, 4) is 5.88 Å². The number of rotatable bonds is 6. The second-order valence-electron chi connectivity index (χ2n) is 6.20. The second kappa shape index (κ2) is 6.15. The van der Waals surface area contributed by atoms with Gasteiger partial charge in [-0.2, -0.15) is 4.98 Å². The van der Waals surface area contributed by atoms with Crippen molar-refractivity contribution >= 4 is 22.8 Å². The zero-order valence-electron chi connectivity index (χ0n) is 13.2. The Labute approximate surface area is 130 Å². The number of nitrogens with zero attached hydrogens (tertiary/aromatic N) is 5. The number of methoxy groups -OCH3 is 1. The van der Waals surface area contributed by atoms with Crippen LogP contribution in [0, 0.1) is 5.41 Å². The smallest absolute Gasteiger partial charge is 0.245 e. The Morgan fingerprint density at radius 3 is 2.62 bits per heavy atom. The van der Waals surface area contributed by atoms with Crippen LogP contribution in [0.1, 0.15) is 19.7 Å². The van der Waals surface area contributed by atoms with E-state index in [-0.39, 0.29) is 5.41 Å². The minimum Gasteiger partial charge on any atom is -0.479 e. The van der Waals surface area contributed by atoms with E-state index in [4.69, 9.17) is 16.3 Å². The van der Waals surface area contributed by atoms with Gasteiger partial charge >= 0.3 is 0 Å². The van der Waals surface area contributed by atoms with E-state index in [2.05, 4.69) is 52.4 Å². The molecule has 0 aliphatic carbocycles. The Hall–Kier alpha value is -1.40. The number of imidazole rings is 1. The molecule has 21 heavy (non-hydrogen) atoms. The molecule has 0 atom stereocenters. The minimum absolute atomic E-state index is 0.0656. The molecule has 0 aromatic carbocycles. The van der Waals surface area contributed by atoms with Crippen LogP contribution in [-0.4, -0.2) is 52.2 Å². The van der Waals surface area contributed by atoms with E-state index in [1.807, 2.05) is 0 Å². The molecule has 0 aliphatic rings. The highest BCUT2D eigenvalue weighted by atomic mass is 35.5. The van der Waals surface area contributed by atoms with Crippen molar-refractivity contribution in [1.29, 1.82) is 0 Å². The lowest BCUT2D eigenvalue weighted by Crippen LogP contribution is -2.32. The molecule has 0 saturated heterocycles. The number of hydrogen-bond donors (Lipinski definition) is 0. The minimum atomic E-state index is 0.0656. The summed E-state index contributed by atoms with van der Waals surface area (Å²) in [5, 5.41) is 0. The Morgan fingerprint density at radius 1 is 1.33 bits per heavy atom. The summed E-state index contributed by atoms with van der Waals surface area (Å²) in [6.45, 7) is 6.17. The van der Waals surface area contributed by atoms with E-state index in [9.17, 15) is 0 Å². The van der Waals surface area contributed by atoms with E-state index in [1.165, 1.54) is 6.33 Å². The lowest BCUT2D eigenvalue weighted by atomic mass is 9.93. The average Bonchev–Trinajstić information content (AvgIpc) is 2.74. The molecule has 2 rings (SSSR count). The van der Waals surface area contributed by atoms with Gasteiger partial charge in [-0.25, -0.2) is 9.97 Å². The lowest BCUT2D eigenvalue weighted by Gasteiger charge is -2.29. The summed E-state index contributed by atoms with van der Waals surface area (Å²) in [4.78, 5) is 15.2. The van der Waals surface area contributed by atoms with Gasteiger partial charge in [0.05, 0.1) is 13.0 Å².